The molecule has 3 rings (SSSR count). The molecule has 6 nitrogen and oxygen atoms in total. The Bertz CT molecular complexity index is 571. The lowest BCUT2D eigenvalue weighted by Crippen LogP contribution is -2.47. The topological polar surface area (TPSA) is 50.9 Å². The lowest BCUT2D eigenvalue weighted by atomic mass is 10.2. The Hall–Kier alpha value is -1.79. The van der Waals surface area contributed by atoms with Crippen molar-refractivity contribution >= 4 is 11.7 Å². The second-order valence-corrected chi connectivity index (χ2v) is 7.99. The summed E-state index contributed by atoms with van der Waals surface area (Å²) in [5.41, 5.74) is 1.32. The molecule has 1 aromatic rings. The molecule has 2 aliphatic rings. The Morgan fingerprint density at radius 2 is 1.85 bits per heavy atom. The normalized spacial score (nSPS) is 21.6. The van der Waals surface area contributed by atoms with Crippen LogP contribution in [0.5, 0.6) is 0 Å². The van der Waals surface area contributed by atoms with Crippen molar-refractivity contribution in [3.63, 3.8) is 0 Å². The van der Waals surface area contributed by atoms with E-state index < -0.39 is 0 Å². The molecule has 0 aliphatic carbocycles. The van der Waals surface area contributed by atoms with Crippen molar-refractivity contribution in [2.45, 2.75) is 38.8 Å². The molecule has 2 N–H and O–H groups in total. The van der Waals surface area contributed by atoms with Crippen molar-refractivity contribution in [1.29, 1.82) is 0 Å². The van der Waals surface area contributed by atoms with Gasteiger partial charge in [-0.15, -0.1) is 0 Å². The number of para-hydroxylation sites is 1. The largest absolute Gasteiger partial charge is 0.369 e. The smallest absolute Gasteiger partial charge is 0.315 e. The number of carbonyl (C=O) groups is 1. The number of hydrogen-bond donors (Lipinski definition) is 2. The first-order valence-electron chi connectivity index (χ1n) is 10.4. The molecular weight excluding hydrogens is 338 g/mol. The molecule has 6 heteroatoms. The number of nitrogens with zero attached hydrogens (tertiary/aromatic N) is 3. The molecule has 27 heavy (non-hydrogen) atoms. The fourth-order valence-corrected chi connectivity index (χ4v) is 3.98. The van der Waals surface area contributed by atoms with E-state index in [-0.39, 0.29) is 6.03 Å². The molecule has 1 unspecified atom stereocenters. The predicted octanol–water partition coefficient (Wildman–Crippen LogP) is 1.98. The number of nitrogens with one attached hydrogen (secondary N) is 2. The Labute approximate surface area is 163 Å². The molecule has 2 fully saturated rings. The van der Waals surface area contributed by atoms with E-state index in [1.165, 1.54) is 5.69 Å². The fraction of sp³-hybridized carbons (Fsp3) is 0.667. The molecule has 2 heterocycles. The first-order chi connectivity index (χ1) is 13.1. The van der Waals surface area contributed by atoms with Crippen LogP contribution in [0, 0.1) is 0 Å². The summed E-state index contributed by atoms with van der Waals surface area (Å²) in [6, 6.07) is 11.5. The molecule has 0 saturated carbocycles. The molecule has 2 aliphatic heterocycles. The molecule has 0 spiro atoms. The van der Waals surface area contributed by atoms with Gasteiger partial charge in [0.2, 0.25) is 0 Å². The van der Waals surface area contributed by atoms with Crippen LogP contribution in [-0.4, -0.2) is 80.3 Å². The van der Waals surface area contributed by atoms with Gasteiger partial charge in [0.25, 0.3) is 0 Å². The van der Waals surface area contributed by atoms with E-state index in [2.05, 4.69) is 69.5 Å². The van der Waals surface area contributed by atoms with Gasteiger partial charge in [0.1, 0.15) is 0 Å². The molecule has 2 amide bonds. The number of piperazine rings is 1. The summed E-state index contributed by atoms with van der Waals surface area (Å²) in [4.78, 5) is 19.4. The second kappa shape index (κ2) is 9.95. The highest BCUT2D eigenvalue weighted by atomic mass is 16.2. The Morgan fingerprint density at radius 3 is 2.52 bits per heavy atom. The highest BCUT2D eigenvalue weighted by molar-refractivity contribution is 5.74. The fourth-order valence-electron chi connectivity index (χ4n) is 3.98. The zero-order chi connectivity index (χ0) is 19.1. The number of benzene rings is 1. The summed E-state index contributed by atoms with van der Waals surface area (Å²) in [6.45, 7) is 12.6. The highest BCUT2D eigenvalue weighted by Crippen LogP contribution is 2.15. The van der Waals surface area contributed by atoms with Gasteiger partial charge < -0.3 is 15.5 Å². The van der Waals surface area contributed by atoms with Gasteiger partial charge in [0, 0.05) is 63.6 Å². The summed E-state index contributed by atoms with van der Waals surface area (Å²) in [6.07, 6.45) is 2.05. The van der Waals surface area contributed by atoms with E-state index in [0.29, 0.717) is 12.1 Å². The van der Waals surface area contributed by atoms with Crippen LogP contribution in [0.4, 0.5) is 10.5 Å². The SMILES string of the molecule is CC(C)N1CCC(NC(=O)NCCCN2CCN(c3ccccc3)CC2)C1. The third-order valence-corrected chi connectivity index (χ3v) is 5.72. The third kappa shape index (κ3) is 6.11. The lowest BCUT2D eigenvalue weighted by molar-refractivity contribution is 0.230. The average molecular weight is 374 g/mol. The Kier molecular flexibility index (Phi) is 7.35. The number of hydrogen-bond acceptors (Lipinski definition) is 4. The monoisotopic (exact) mass is 373 g/mol. The maximum absolute atomic E-state index is 12.1. The summed E-state index contributed by atoms with van der Waals surface area (Å²) in [7, 11) is 0. The molecule has 0 aromatic heterocycles. The molecule has 0 bridgehead atoms. The minimum absolute atomic E-state index is 0.0143. The number of anilines is 1. The molecule has 1 atom stereocenters. The van der Waals surface area contributed by atoms with Crippen LogP contribution in [0.3, 0.4) is 0 Å². The molecule has 150 valence electrons. The van der Waals surface area contributed by atoms with Crippen LogP contribution in [-0.2, 0) is 0 Å². The van der Waals surface area contributed by atoms with Crippen molar-refractivity contribution in [2.24, 2.45) is 0 Å². The number of urea groups is 1. The second-order valence-electron chi connectivity index (χ2n) is 7.99. The molecule has 0 radical (unpaired) electrons. The number of likely N-dealkylation sites (tertiary alicyclic amines) is 1. The number of carbonyl (C=O) groups excluding carboxylic acids is 1. The first kappa shape index (κ1) is 20.0. The summed E-state index contributed by atoms with van der Waals surface area (Å²) in [5, 5.41) is 6.14. The van der Waals surface area contributed by atoms with E-state index in [9.17, 15) is 4.79 Å². The van der Waals surface area contributed by atoms with E-state index >= 15 is 0 Å². The third-order valence-electron chi connectivity index (χ3n) is 5.72. The highest BCUT2D eigenvalue weighted by Gasteiger charge is 2.25. The van der Waals surface area contributed by atoms with E-state index in [0.717, 1.165) is 65.2 Å². The van der Waals surface area contributed by atoms with Crippen molar-refractivity contribution in [3.8, 4) is 0 Å². The van der Waals surface area contributed by atoms with Crippen molar-refractivity contribution in [1.82, 2.24) is 20.4 Å². The molecular formula is C21H35N5O. The summed E-state index contributed by atoms with van der Waals surface area (Å²) >= 11 is 0. The van der Waals surface area contributed by atoms with Gasteiger partial charge in [0.15, 0.2) is 0 Å². The Morgan fingerprint density at radius 1 is 1.11 bits per heavy atom. The van der Waals surface area contributed by atoms with Crippen molar-refractivity contribution < 1.29 is 4.79 Å². The van der Waals surface area contributed by atoms with Crippen molar-refractivity contribution in [2.75, 3.05) is 57.3 Å². The van der Waals surface area contributed by atoms with Gasteiger partial charge in [-0.2, -0.15) is 0 Å². The maximum atomic E-state index is 12.1. The van der Waals surface area contributed by atoms with Gasteiger partial charge in [-0.1, -0.05) is 18.2 Å². The van der Waals surface area contributed by atoms with Crippen LogP contribution < -0.4 is 15.5 Å². The van der Waals surface area contributed by atoms with Crippen LogP contribution in [0.15, 0.2) is 30.3 Å². The Balaban J connectivity index is 1.25. The van der Waals surface area contributed by atoms with E-state index in [1.54, 1.807) is 0 Å². The predicted molar refractivity (Wildman–Crippen MR) is 111 cm³/mol. The van der Waals surface area contributed by atoms with Gasteiger partial charge in [0.05, 0.1) is 0 Å². The van der Waals surface area contributed by atoms with Gasteiger partial charge >= 0.3 is 6.03 Å². The molecule has 1 aromatic carbocycles. The lowest BCUT2D eigenvalue weighted by Gasteiger charge is -2.36. The van der Waals surface area contributed by atoms with E-state index in [1.807, 2.05) is 0 Å². The first-order valence-corrected chi connectivity index (χ1v) is 10.4. The van der Waals surface area contributed by atoms with Crippen LogP contribution in [0.25, 0.3) is 0 Å². The zero-order valence-electron chi connectivity index (χ0n) is 16.9. The minimum Gasteiger partial charge on any atom is -0.369 e. The number of amides is 2. The molecule has 2 saturated heterocycles. The average Bonchev–Trinajstić information content (AvgIpc) is 3.15. The van der Waals surface area contributed by atoms with E-state index in [4.69, 9.17) is 0 Å². The standard InChI is InChI=1S/C21H35N5O/c1-18(2)26-12-9-19(17-26)23-21(27)22-10-6-11-24-13-15-25(16-14-24)20-7-4-3-5-8-20/h3-5,7-8,18-19H,6,9-17H2,1-2H3,(H2,22,23,27). The van der Waals surface area contributed by atoms with Crippen LogP contribution in [0.1, 0.15) is 26.7 Å². The number of rotatable bonds is 7. The minimum atomic E-state index is -0.0143. The summed E-state index contributed by atoms with van der Waals surface area (Å²) in [5.74, 6) is 0. The van der Waals surface area contributed by atoms with Crippen molar-refractivity contribution in [3.05, 3.63) is 30.3 Å². The zero-order valence-corrected chi connectivity index (χ0v) is 16.9. The van der Waals surface area contributed by atoms with Crippen LogP contribution in [0.2, 0.25) is 0 Å². The van der Waals surface area contributed by atoms with Gasteiger partial charge in [-0.25, -0.2) is 4.79 Å². The summed E-state index contributed by atoms with van der Waals surface area (Å²) < 4.78 is 0. The van der Waals surface area contributed by atoms with Gasteiger partial charge in [-0.05, 0) is 45.4 Å². The maximum Gasteiger partial charge on any atom is 0.315 e. The quantitative estimate of drug-likeness (QED) is 0.718. The van der Waals surface area contributed by atoms with Crippen LogP contribution >= 0.6 is 0 Å². The van der Waals surface area contributed by atoms with Gasteiger partial charge in [-0.3, -0.25) is 9.80 Å².